The van der Waals surface area contributed by atoms with Crippen molar-refractivity contribution in [3.8, 4) is 5.75 Å². The first-order chi connectivity index (χ1) is 17.6. The van der Waals surface area contributed by atoms with Crippen LogP contribution in [0.2, 0.25) is 0 Å². The highest BCUT2D eigenvalue weighted by Gasteiger charge is 2.32. The summed E-state index contributed by atoms with van der Waals surface area (Å²) in [6.45, 7) is 5.96. The molecule has 1 atom stereocenters. The molecule has 0 radical (unpaired) electrons. The van der Waals surface area contributed by atoms with Gasteiger partial charge in [-0.2, -0.15) is 0 Å². The summed E-state index contributed by atoms with van der Waals surface area (Å²) in [6.07, 6.45) is 0.374. The van der Waals surface area contributed by atoms with Gasteiger partial charge in [-0.05, 0) is 61.7 Å². The van der Waals surface area contributed by atoms with Gasteiger partial charge in [0, 0.05) is 24.3 Å². The number of thioether (sulfide) groups is 1. The van der Waals surface area contributed by atoms with E-state index in [0.29, 0.717) is 12.2 Å². The number of halogens is 1. The predicted octanol–water partition coefficient (Wildman–Crippen LogP) is 5.62. The van der Waals surface area contributed by atoms with Gasteiger partial charge < -0.3 is 15.0 Å². The van der Waals surface area contributed by atoms with Gasteiger partial charge in [-0.25, -0.2) is 4.39 Å². The number of hydrogen-bond acceptors (Lipinski definition) is 4. The van der Waals surface area contributed by atoms with E-state index in [9.17, 15) is 14.0 Å². The molecule has 1 N–H and O–H groups in total. The van der Waals surface area contributed by atoms with Gasteiger partial charge in [-0.3, -0.25) is 9.59 Å². The highest BCUT2D eigenvalue weighted by molar-refractivity contribution is 7.99. The maximum Gasteiger partial charge on any atom is 0.243 e. The Morgan fingerprint density at radius 3 is 2.14 bits per heavy atom. The maximum atomic E-state index is 13.6. The van der Waals surface area contributed by atoms with Gasteiger partial charge in [0.1, 0.15) is 17.6 Å². The van der Waals surface area contributed by atoms with Crippen LogP contribution in [0.5, 0.6) is 5.75 Å². The van der Waals surface area contributed by atoms with E-state index in [1.165, 1.54) is 23.9 Å². The van der Waals surface area contributed by atoms with E-state index in [4.69, 9.17) is 4.74 Å². The smallest absolute Gasteiger partial charge is 0.243 e. The van der Waals surface area contributed by atoms with Gasteiger partial charge in [0.15, 0.2) is 0 Å². The molecule has 3 rings (SSSR count). The molecule has 2 amide bonds. The van der Waals surface area contributed by atoms with Crippen LogP contribution in [0.4, 0.5) is 4.39 Å². The fourth-order valence-electron chi connectivity index (χ4n) is 3.85. The summed E-state index contributed by atoms with van der Waals surface area (Å²) in [6, 6.07) is 22.7. The molecule has 0 heterocycles. The summed E-state index contributed by atoms with van der Waals surface area (Å²) in [5.74, 6) is 0.936. The molecule has 5 nitrogen and oxygen atoms in total. The van der Waals surface area contributed by atoms with Crippen molar-refractivity contribution in [3.05, 3.63) is 101 Å². The number of rotatable bonds is 11. The fourth-order valence-corrected chi connectivity index (χ4v) is 4.72. The van der Waals surface area contributed by atoms with E-state index >= 15 is 0 Å². The van der Waals surface area contributed by atoms with Crippen molar-refractivity contribution in [1.82, 2.24) is 10.2 Å². The van der Waals surface area contributed by atoms with Crippen molar-refractivity contribution in [3.63, 3.8) is 0 Å². The summed E-state index contributed by atoms with van der Waals surface area (Å²) < 4.78 is 18.8. The molecule has 0 aliphatic carbocycles. The van der Waals surface area contributed by atoms with Crippen LogP contribution in [0, 0.1) is 5.82 Å². The molecule has 0 fully saturated rings. The van der Waals surface area contributed by atoms with Crippen molar-refractivity contribution in [2.24, 2.45) is 0 Å². The zero-order chi connectivity index (χ0) is 26.8. The molecule has 3 aromatic carbocycles. The topological polar surface area (TPSA) is 58.6 Å². The second-order valence-electron chi connectivity index (χ2n) is 9.93. The number of amides is 2. The second kappa shape index (κ2) is 13.3. The molecule has 0 aromatic heterocycles. The lowest BCUT2D eigenvalue weighted by atomic mass is 10.0. The highest BCUT2D eigenvalue weighted by Crippen LogP contribution is 2.20. The van der Waals surface area contributed by atoms with Gasteiger partial charge in [0.2, 0.25) is 11.8 Å². The standard InChI is InChI=1S/C30H35FN2O3S/c1-30(2,3)32-29(35)27(18-22-8-6-5-7-9-22)33(19-23-10-14-25(31)15-11-23)28(34)21-37-20-24-12-16-26(36-4)17-13-24/h5-17,27H,18-21H2,1-4H3,(H,32,35). The van der Waals surface area contributed by atoms with E-state index in [-0.39, 0.29) is 29.9 Å². The first kappa shape index (κ1) is 28.3. The van der Waals surface area contributed by atoms with Gasteiger partial charge in [-0.15, -0.1) is 11.8 Å². The number of benzene rings is 3. The van der Waals surface area contributed by atoms with Crippen LogP contribution >= 0.6 is 11.8 Å². The third-order valence-electron chi connectivity index (χ3n) is 5.69. The fraction of sp³-hybridized carbons (Fsp3) is 0.333. The molecular formula is C30H35FN2O3S. The lowest BCUT2D eigenvalue weighted by Gasteiger charge is -2.34. The van der Waals surface area contributed by atoms with E-state index in [1.54, 1.807) is 24.1 Å². The van der Waals surface area contributed by atoms with Crippen molar-refractivity contribution >= 4 is 23.6 Å². The molecule has 1 unspecified atom stereocenters. The van der Waals surface area contributed by atoms with Gasteiger partial charge in [0.05, 0.1) is 12.9 Å². The Bertz CT molecular complexity index is 1150. The second-order valence-corrected chi connectivity index (χ2v) is 10.9. The Morgan fingerprint density at radius 1 is 0.919 bits per heavy atom. The molecule has 7 heteroatoms. The number of carbonyl (C=O) groups is 2. The van der Waals surface area contributed by atoms with Crippen molar-refractivity contribution < 1.29 is 18.7 Å². The number of carbonyl (C=O) groups excluding carboxylic acids is 2. The quantitative estimate of drug-likeness (QED) is 0.355. The van der Waals surface area contributed by atoms with E-state index in [0.717, 1.165) is 22.4 Å². The van der Waals surface area contributed by atoms with Crippen LogP contribution in [0.15, 0.2) is 78.9 Å². The first-order valence-electron chi connectivity index (χ1n) is 12.2. The van der Waals surface area contributed by atoms with Crippen LogP contribution in [0.3, 0.4) is 0 Å². The monoisotopic (exact) mass is 522 g/mol. The van der Waals surface area contributed by atoms with Gasteiger partial charge in [-0.1, -0.05) is 54.6 Å². The van der Waals surface area contributed by atoms with Crippen LogP contribution in [-0.4, -0.2) is 41.2 Å². The molecule has 0 spiro atoms. The largest absolute Gasteiger partial charge is 0.497 e. The summed E-state index contributed by atoms with van der Waals surface area (Å²) in [5, 5.41) is 3.05. The highest BCUT2D eigenvalue weighted by atomic mass is 32.2. The summed E-state index contributed by atoms with van der Waals surface area (Å²) in [4.78, 5) is 28.8. The van der Waals surface area contributed by atoms with Crippen LogP contribution in [-0.2, 0) is 28.3 Å². The lowest BCUT2D eigenvalue weighted by Crippen LogP contribution is -2.54. The number of nitrogens with zero attached hydrogens (tertiary/aromatic N) is 1. The van der Waals surface area contributed by atoms with Crippen LogP contribution in [0.1, 0.15) is 37.5 Å². The molecule has 0 saturated carbocycles. The maximum absolute atomic E-state index is 13.6. The van der Waals surface area contributed by atoms with Crippen LogP contribution < -0.4 is 10.1 Å². The third-order valence-corrected chi connectivity index (χ3v) is 6.68. The minimum atomic E-state index is -0.722. The van der Waals surface area contributed by atoms with E-state index in [1.807, 2.05) is 75.4 Å². The zero-order valence-electron chi connectivity index (χ0n) is 21.9. The zero-order valence-corrected chi connectivity index (χ0v) is 22.7. The number of nitrogens with one attached hydrogen (secondary N) is 1. The predicted molar refractivity (Wildman–Crippen MR) is 148 cm³/mol. The molecule has 3 aromatic rings. The molecule has 0 aliphatic rings. The Labute approximate surface area is 223 Å². The SMILES string of the molecule is COc1ccc(CSCC(=O)N(Cc2ccc(F)cc2)C(Cc2ccccc2)C(=O)NC(C)(C)C)cc1. The first-order valence-corrected chi connectivity index (χ1v) is 13.4. The van der Waals surface area contributed by atoms with Crippen LogP contribution in [0.25, 0.3) is 0 Å². The molecule has 0 bridgehead atoms. The minimum absolute atomic E-state index is 0.146. The molecule has 37 heavy (non-hydrogen) atoms. The number of methoxy groups -OCH3 is 1. The van der Waals surface area contributed by atoms with Crippen molar-refractivity contribution in [1.29, 1.82) is 0 Å². The van der Waals surface area contributed by atoms with Crippen molar-refractivity contribution in [2.45, 2.75) is 51.1 Å². The molecule has 0 aliphatic heterocycles. The minimum Gasteiger partial charge on any atom is -0.497 e. The summed E-state index contributed by atoms with van der Waals surface area (Å²) in [7, 11) is 1.62. The Hall–Kier alpha value is -3.32. The van der Waals surface area contributed by atoms with Crippen molar-refractivity contribution in [2.75, 3.05) is 12.9 Å². The van der Waals surface area contributed by atoms with E-state index in [2.05, 4.69) is 5.32 Å². The third kappa shape index (κ3) is 9.25. The normalized spacial score (nSPS) is 12.0. The Morgan fingerprint density at radius 2 is 1.54 bits per heavy atom. The average molecular weight is 523 g/mol. The Balaban J connectivity index is 1.84. The molecular weight excluding hydrogens is 487 g/mol. The summed E-state index contributed by atoms with van der Waals surface area (Å²) >= 11 is 1.49. The Kier molecular flexibility index (Phi) is 10.1. The lowest BCUT2D eigenvalue weighted by molar-refractivity contribution is -0.140. The number of hydrogen-bond donors (Lipinski definition) is 1. The van der Waals surface area contributed by atoms with Gasteiger partial charge >= 0.3 is 0 Å². The van der Waals surface area contributed by atoms with Gasteiger partial charge in [0.25, 0.3) is 0 Å². The number of ether oxygens (including phenoxy) is 1. The molecule has 0 saturated heterocycles. The van der Waals surface area contributed by atoms with E-state index < -0.39 is 11.6 Å². The summed E-state index contributed by atoms with van der Waals surface area (Å²) in [5.41, 5.74) is 2.34. The average Bonchev–Trinajstić information content (AvgIpc) is 2.87. The molecule has 196 valence electrons.